The van der Waals surface area contributed by atoms with Gasteiger partial charge in [-0.2, -0.15) is 8.78 Å². The zero-order valence-electron chi connectivity index (χ0n) is 16.2. The molecule has 0 fully saturated rings. The van der Waals surface area contributed by atoms with Crippen molar-refractivity contribution >= 4 is 29.9 Å². The molecule has 0 heterocycles. The number of phenols is 1. The van der Waals surface area contributed by atoms with E-state index in [1.807, 2.05) is 0 Å². The highest BCUT2D eigenvalue weighted by Crippen LogP contribution is 2.26. The highest BCUT2D eigenvalue weighted by Gasteiger charge is 2.12. The topological polar surface area (TPSA) is 84.3 Å². The molecule has 0 saturated heterocycles. The Morgan fingerprint density at radius 3 is 2.10 bits per heavy atom. The van der Waals surface area contributed by atoms with Crippen molar-refractivity contribution in [2.24, 2.45) is 4.99 Å². The minimum absolute atomic E-state index is 0. The van der Waals surface area contributed by atoms with Crippen LogP contribution in [0, 0.1) is 0 Å². The Labute approximate surface area is 185 Å². The predicted molar refractivity (Wildman–Crippen MR) is 117 cm³/mol. The lowest BCUT2D eigenvalue weighted by atomic mass is 10.2. The summed E-state index contributed by atoms with van der Waals surface area (Å²) in [5.41, 5.74) is 1.09. The molecule has 7 nitrogen and oxygen atoms in total. The fourth-order valence-corrected chi connectivity index (χ4v) is 2.44. The highest BCUT2D eigenvalue weighted by atomic mass is 127. The van der Waals surface area contributed by atoms with Gasteiger partial charge >= 0.3 is 6.61 Å². The van der Waals surface area contributed by atoms with Crippen molar-refractivity contribution in [2.45, 2.75) is 19.7 Å². The Balaban J connectivity index is 0.00000420. The number of aliphatic imine (C=N–C) groups is 1. The lowest BCUT2D eigenvalue weighted by Gasteiger charge is -2.16. The number of nitrogens with zero attached hydrogens (tertiary/aromatic N) is 1. The molecule has 2 rings (SSSR count). The van der Waals surface area contributed by atoms with Gasteiger partial charge in [-0.15, -0.1) is 24.0 Å². The van der Waals surface area contributed by atoms with E-state index in [0.717, 1.165) is 0 Å². The molecular weight excluding hydrogens is 499 g/mol. The molecule has 2 aromatic carbocycles. The fraction of sp³-hybridized carbons (Fsp3) is 0.316. The van der Waals surface area contributed by atoms with Gasteiger partial charge in [-0.25, -0.2) is 0 Å². The smallest absolute Gasteiger partial charge is 0.387 e. The van der Waals surface area contributed by atoms with Gasteiger partial charge in [0.15, 0.2) is 5.96 Å². The number of aromatic hydroxyl groups is 1. The van der Waals surface area contributed by atoms with Crippen LogP contribution in [0.2, 0.25) is 0 Å². The number of rotatable bonds is 8. The summed E-state index contributed by atoms with van der Waals surface area (Å²) in [4.78, 5) is 4.08. The van der Waals surface area contributed by atoms with Gasteiger partial charge in [0.05, 0.1) is 14.2 Å². The molecule has 0 aliphatic carbocycles. The van der Waals surface area contributed by atoms with Crippen molar-refractivity contribution in [1.29, 1.82) is 0 Å². The first kappa shape index (κ1) is 24.5. The summed E-state index contributed by atoms with van der Waals surface area (Å²) in [5, 5.41) is 16.0. The van der Waals surface area contributed by atoms with Gasteiger partial charge in [0.2, 0.25) is 0 Å². The molecule has 0 unspecified atom stereocenters. The molecule has 0 aliphatic rings. The Morgan fingerprint density at radius 2 is 1.55 bits per heavy atom. The summed E-state index contributed by atoms with van der Waals surface area (Å²) in [6.07, 6.45) is 0. The number of ether oxygens (including phenoxy) is 3. The molecule has 0 radical (unpaired) electrons. The van der Waals surface area contributed by atoms with Crippen LogP contribution in [-0.2, 0) is 13.1 Å². The molecule has 2 aromatic rings. The molecular formula is C19H24F2IN3O4. The molecule has 0 aromatic heterocycles. The standard InChI is InChI=1S/C19H23F2N3O4.HI/c1-22-19(23-10-12-8-14(26-2)4-6-16(12)25)24-11-13-9-15(27-3)5-7-17(13)28-18(20)21;/h4-9,18,25H,10-11H2,1-3H3,(H2,22,23,24);1H. The van der Waals surface area contributed by atoms with Crippen molar-refractivity contribution < 1.29 is 28.1 Å². The third kappa shape index (κ3) is 7.44. The fourth-order valence-electron chi connectivity index (χ4n) is 2.44. The van der Waals surface area contributed by atoms with E-state index in [-0.39, 0.29) is 48.6 Å². The zero-order valence-corrected chi connectivity index (χ0v) is 18.6. The van der Waals surface area contributed by atoms with Crippen LogP contribution in [0.5, 0.6) is 23.0 Å². The van der Waals surface area contributed by atoms with Crippen molar-refractivity contribution in [3.63, 3.8) is 0 Å². The summed E-state index contributed by atoms with van der Waals surface area (Å²) in [6.45, 7) is -2.48. The number of benzene rings is 2. The van der Waals surface area contributed by atoms with Crippen LogP contribution in [0.1, 0.15) is 11.1 Å². The zero-order chi connectivity index (χ0) is 20.5. The van der Waals surface area contributed by atoms with E-state index in [1.54, 1.807) is 31.3 Å². The maximum Gasteiger partial charge on any atom is 0.387 e. The third-order valence-electron chi connectivity index (χ3n) is 3.89. The van der Waals surface area contributed by atoms with E-state index in [4.69, 9.17) is 9.47 Å². The van der Waals surface area contributed by atoms with Crippen molar-refractivity contribution in [1.82, 2.24) is 10.6 Å². The lowest BCUT2D eigenvalue weighted by Crippen LogP contribution is -2.36. The number of halogens is 3. The van der Waals surface area contributed by atoms with E-state index in [1.165, 1.54) is 26.4 Å². The Morgan fingerprint density at radius 1 is 1.00 bits per heavy atom. The highest BCUT2D eigenvalue weighted by molar-refractivity contribution is 14.0. The van der Waals surface area contributed by atoms with Crippen molar-refractivity contribution in [2.75, 3.05) is 21.3 Å². The second kappa shape index (κ2) is 12.1. The number of alkyl halides is 2. The van der Waals surface area contributed by atoms with Gasteiger partial charge in [-0.1, -0.05) is 0 Å². The summed E-state index contributed by atoms with van der Waals surface area (Å²) in [7, 11) is 4.60. The largest absolute Gasteiger partial charge is 0.508 e. The number of nitrogens with one attached hydrogen (secondary N) is 2. The normalized spacial score (nSPS) is 10.9. The average molecular weight is 523 g/mol. The van der Waals surface area contributed by atoms with E-state index >= 15 is 0 Å². The second-order valence-electron chi connectivity index (χ2n) is 5.63. The van der Waals surface area contributed by atoms with Gasteiger partial charge in [0, 0.05) is 31.3 Å². The van der Waals surface area contributed by atoms with Crippen LogP contribution in [0.3, 0.4) is 0 Å². The number of hydrogen-bond acceptors (Lipinski definition) is 5. The number of phenolic OH excluding ortho intramolecular Hbond substituents is 1. The molecule has 10 heteroatoms. The first-order valence-corrected chi connectivity index (χ1v) is 8.39. The van der Waals surface area contributed by atoms with E-state index in [9.17, 15) is 13.9 Å². The Bertz CT molecular complexity index is 822. The molecule has 3 N–H and O–H groups in total. The molecule has 29 heavy (non-hydrogen) atoms. The van der Waals surface area contributed by atoms with Gasteiger partial charge in [-0.05, 0) is 36.4 Å². The molecule has 0 amide bonds. The van der Waals surface area contributed by atoms with E-state index in [2.05, 4.69) is 20.4 Å². The number of guanidine groups is 1. The maximum absolute atomic E-state index is 12.6. The summed E-state index contributed by atoms with van der Waals surface area (Å²) in [6, 6.07) is 9.46. The number of hydrogen-bond donors (Lipinski definition) is 3. The van der Waals surface area contributed by atoms with Gasteiger partial charge in [0.25, 0.3) is 0 Å². The van der Waals surface area contributed by atoms with Crippen LogP contribution < -0.4 is 24.8 Å². The monoisotopic (exact) mass is 523 g/mol. The van der Waals surface area contributed by atoms with Crippen molar-refractivity contribution in [3.8, 4) is 23.0 Å². The molecule has 160 valence electrons. The quantitative estimate of drug-likeness (QED) is 0.279. The Kier molecular flexibility index (Phi) is 10.3. The van der Waals surface area contributed by atoms with E-state index < -0.39 is 6.61 Å². The minimum Gasteiger partial charge on any atom is -0.508 e. The second-order valence-corrected chi connectivity index (χ2v) is 5.63. The van der Waals surface area contributed by atoms with Crippen molar-refractivity contribution in [3.05, 3.63) is 47.5 Å². The minimum atomic E-state index is -2.93. The lowest BCUT2D eigenvalue weighted by molar-refractivity contribution is -0.0505. The predicted octanol–water partition coefficient (Wildman–Crippen LogP) is 3.49. The summed E-state index contributed by atoms with van der Waals surface area (Å²) >= 11 is 0. The SMILES string of the molecule is CN=C(NCc1cc(OC)ccc1O)NCc1cc(OC)ccc1OC(F)F.I. The van der Waals surface area contributed by atoms with Crippen LogP contribution in [0.15, 0.2) is 41.4 Å². The van der Waals surface area contributed by atoms with Crippen LogP contribution in [-0.4, -0.2) is 38.9 Å². The molecule has 0 saturated carbocycles. The Hall–Kier alpha value is -2.50. The maximum atomic E-state index is 12.6. The van der Waals surface area contributed by atoms with Crippen LogP contribution >= 0.6 is 24.0 Å². The third-order valence-corrected chi connectivity index (χ3v) is 3.89. The van der Waals surface area contributed by atoms with Crippen LogP contribution in [0.25, 0.3) is 0 Å². The molecule has 0 atom stereocenters. The first-order valence-electron chi connectivity index (χ1n) is 8.39. The first-order chi connectivity index (χ1) is 13.5. The number of methoxy groups -OCH3 is 2. The van der Waals surface area contributed by atoms with E-state index in [0.29, 0.717) is 28.6 Å². The molecule has 0 spiro atoms. The molecule has 0 aliphatic heterocycles. The summed E-state index contributed by atoms with van der Waals surface area (Å²) in [5.74, 6) is 1.70. The van der Waals surface area contributed by atoms with Crippen LogP contribution in [0.4, 0.5) is 8.78 Å². The van der Waals surface area contributed by atoms with Gasteiger partial charge < -0.3 is 30.0 Å². The molecule has 0 bridgehead atoms. The average Bonchev–Trinajstić information content (AvgIpc) is 2.69. The van der Waals surface area contributed by atoms with Gasteiger partial charge in [0.1, 0.15) is 23.0 Å². The summed E-state index contributed by atoms with van der Waals surface area (Å²) < 4.78 is 40.0. The van der Waals surface area contributed by atoms with Gasteiger partial charge in [-0.3, -0.25) is 4.99 Å².